The molecule has 3 aromatic rings. The van der Waals surface area contributed by atoms with Crippen LogP contribution < -0.4 is 0 Å². The summed E-state index contributed by atoms with van der Waals surface area (Å²) in [7, 11) is 0. The largest absolute Gasteiger partial charge is 0.294 e. The van der Waals surface area contributed by atoms with E-state index >= 15 is 0 Å². The number of carbonyl (C=O) groups is 1. The van der Waals surface area contributed by atoms with Crippen LogP contribution in [0.5, 0.6) is 0 Å². The molecule has 2 heterocycles. The Morgan fingerprint density at radius 2 is 2.22 bits per heavy atom. The van der Waals surface area contributed by atoms with Crippen LogP contribution in [0.4, 0.5) is 0 Å². The van der Waals surface area contributed by atoms with Crippen LogP contribution in [-0.2, 0) is 6.54 Å². The number of thiophene rings is 1. The van der Waals surface area contributed by atoms with Gasteiger partial charge in [0, 0.05) is 10.9 Å². The molecule has 0 atom stereocenters. The van der Waals surface area contributed by atoms with Gasteiger partial charge in [0.25, 0.3) is 0 Å². The lowest BCUT2D eigenvalue weighted by Crippen LogP contribution is -1.99. The van der Waals surface area contributed by atoms with Gasteiger partial charge in [0.05, 0.1) is 18.3 Å². The van der Waals surface area contributed by atoms with Crippen molar-refractivity contribution in [2.45, 2.75) is 13.5 Å². The van der Waals surface area contributed by atoms with Gasteiger partial charge in [-0.15, -0.1) is 11.3 Å². The van der Waals surface area contributed by atoms with E-state index in [1.54, 1.807) is 30.7 Å². The summed E-state index contributed by atoms with van der Waals surface area (Å²) in [5.74, 6) is 0.0522. The summed E-state index contributed by atoms with van der Waals surface area (Å²) in [5.41, 5.74) is 1.91. The third-order valence-electron chi connectivity index (χ3n) is 2.93. The molecule has 0 aliphatic heterocycles. The van der Waals surface area contributed by atoms with E-state index in [2.05, 4.69) is 22.6 Å². The predicted molar refractivity (Wildman–Crippen MR) is 73.2 cm³/mol. The number of benzene rings is 1. The zero-order valence-electron chi connectivity index (χ0n) is 9.96. The zero-order chi connectivity index (χ0) is 12.5. The molecule has 0 bridgehead atoms. The van der Waals surface area contributed by atoms with E-state index < -0.39 is 0 Å². The highest BCUT2D eigenvalue weighted by Crippen LogP contribution is 2.26. The van der Waals surface area contributed by atoms with E-state index in [-0.39, 0.29) is 5.78 Å². The molecular weight excluding hydrogens is 244 g/mol. The van der Waals surface area contributed by atoms with Gasteiger partial charge in [0.15, 0.2) is 5.78 Å². The molecule has 0 saturated heterocycles. The van der Waals surface area contributed by atoms with Crippen LogP contribution in [0.15, 0.2) is 42.0 Å². The first-order chi connectivity index (χ1) is 8.74. The molecule has 0 N–H and O–H groups in total. The number of fused-ring (bicyclic) bond motifs is 1. The van der Waals surface area contributed by atoms with Crippen LogP contribution in [0.3, 0.4) is 0 Å². The first-order valence-corrected chi connectivity index (χ1v) is 6.60. The fraction of sp³-hybridized carbons (Fsp3) is 0.143. The first-order valence-electron chi connectivity index (χ1n) is 5.72. The number of nitrogens with zero attached hydrogens (tertiary/aromatic N) is 2. The Hall–Kier alpha value is -1.94. The molecule has 90 valence electrons. The maximum atomic E-state index is 11.2. The number of Topliss-reactive ketones (excluding diaryl/α,β-unsaturated/α-hetero) is 1. The number of hydrogen-bond acceptors (Lipinski definition) is 3. The summed E-state index contributed by atoms with van der Waals surface area (Å²) in [6.07, 6.45) is 3.42. The molecule has 0 fully saturated rings. The maximum Gasteiger partial charge on any atom is 0.162 e. The average Bonchev–Trinajstić information content (AvgIpc) is 2.98. The molecule has 0 spiro atoms. The Kier molecular flexibility index (Phi) is 2.72. The van der Waals surface area contributed by atoms with Crippen molar-refractivity contribution < 1.29 is 4.79 Å². The predicted octanol–water partition coefficient (Wildman–Crippen LogP) is 3.35. The molecule has 1 aromatic carbocycles. The number of carbonyl (C=O) groups excluding carboxylic acids is 1. The highest BCUT2D eigenvalue weighted by atomic mass is 32.1. The molecule has 0 saturated carbocycles. The molecule has 3 rings (SSSR count). The summed E-state index contributed by atoms with van der Waals surface area (Å²) in [5, 5.41) is 7.64. The Morgan fingerprint density at radius 3 is 3.00 bits per heavy atom. The van der Waals surface area contributed by atoms with E-state index in [9.17, 15) is 4.79 Å². The van der Waals surface area contributed by atoms with Gasteiger partial charge < -0.3 is 0 Å². The Balaban J connectivity index is 1.93. The number of ketones is 1. The fourth-order valence-electron chi connectivity index (χ4n) is 1.96. The van der Waals surface area contributed by atoms with Gasteiger partial charge in [-0.05, 0) is 29.3 Å². The quantitative estimate of drug-likeness (QED) is 0.674. The van der Waals surface area contributed by atoms with Crippen molar-refractivity contribution in [3.05, 3.63) is 53.2 Å². The van der Waals surface area contributed by atoms with Crippen molar-refractivity contribution in [1.82, 2.24) is 9.78 Å². The number of hydrogen-bond donors (Lipinski definition) is 0. The lowest BCUT2D eigenvalue weighted by atomic mass is 10.2. The SMILES string of the molecule is CC(=O)c1cnn(Cc2csc3ccccc23)c1. The summed E-state index contributed by atoms with van der Waals surface area (Å²) >= 11 is 1.74. The van der Waals surface area contributed by atoms with Gasteiger partial charge in [-0.25, -0.2) is 0 Å². The number of aromatic nitrogens is 2. The summed E-state index contributed by atoms with van der Waals surface area (Å²) in [6.45, 7) is 2.26. The summed E-state index contributed by atoms with van der Waals surface area (Å²) in [6, 6.07) is 8.33. The van der Waals surface area contributed by atoms with Gasteiger partial charge in [0.1, 0.15) is 0 Å². The van der Waals surface area contributed by atoms with Crippen molar-refractivity contribution in [1.29, 1.82) is 0 Å². The van der Waals surface area contributed by atoms with E-state index in [1.165, 1.54) is 15.6 Å². The van der Waals surface area contributed by atoms with Gasteiger partial charge in [-0.3, -0.25) is 9.48 Å². The Morgan fingerprint density at radius 1 is 1.39 bits per heavy atom. The van der Waals surface area contributed by atoms with Crippen molar-refractivity contribution >= 4 is 27.2 Å². The van der Waals surface area contributed by atoms with Gasteiger partial charge in [-0.1, -0.05) is 18.2 Å². The second-order valence-corrected chi connectivity index (χ2v) is 5.15. The molecule has 0 aliphatic rings. The molecule has 0 aliphatic carbocycles. The van der Waals surface area contributed by atoms with Gasteiger partial charge >= 0.3 is 0 Å². The highest BCUT2D eigenvalue weighted by molar-refractivity contribution is 7.17. The van der Waals surface area contributed by atoms with Crippen molar-refractivity contribution in [2.75, 3.05) is 0 Å². The molecule has 4 heteroatoms. The third kappa shape index (κ3) is 1.95. The Labute approximate surface area is 109 Å². The van der Waals surface area contributed by atoms with E-state index in [0.29, 0.717) is 12.1 Å². The minimum atomic E-state index is 0.0522. The first kappa shape index (κ1) is 11.2. The van der Waals surface area contributed by atoms with Crippen LogP contribution in [0, 0.1) is 0 Å². The lowest BCUT2D eigenvalue weighted by Gasteiger charge is -1.99. The second-order valence-electron chi connectivity index (χ2n) is 4.24. The number of rotatable bonds is 3. The summed E-state index contributed by atoms with van der Waals surface area (Å²) < 4.78 is 3.09. The molecule has 3 nitrogen and oxygen atoms in total. The van der Waals surface area contributed by atoms with E-state index in [0.717, 1.165) is 0 Å². The van der Waals surface area contributed by atoms with Crippen molar-refractivity contribution in [3.8, 4) is 0 Å². The topological polar surface area (TPSA) is 34.9 Å². The fourth-order valence-corrected chi connectivity index (χ4v) is 2.92. The Bertz CT molecular complexity index is 711. The second kappa shape index (κ2) is 4.38. The standard InChI is InChI=1S/C14H12N2OS/c1-10(17)11-6-15-16(7-11)8-12-9-18-14-5-3-2-4-13(12)14/h2-7,9H,8H2,1H3. The molecule has 0 amide bonds. The van der Waals surface area contributed by atoms with E-state index in [4.69, 9.17) is 0 Å². The van der Waals surface area contributed by atoms with Crippen molar-refractivity contribution in [3.63, 3.8) is 0 Å². The molecule has 18 heavy (non-hydrogen) atoms. The van der Waals surface area contributed by atoms with Crippen LogP contribution in [0.2, 0.25) is 0 Å². The zero-order valence-corrected chi connectivity index (χ0v) is 10.8. The maximum absolute atomic E-state index is 11.2. The minimum absolute atomic E-state index is 0.0522. The molecule has 0 radical (unpaired) electrons. The van der Waals surface area contributed by atoms with Crippen LogP contribution in [-0.4, -0.2) is 15.6 Å². The van der Waals surface area contributed by atoms with Gasteiger partial charge in [0.2, 0.25) is 0 Å². The van der Waals surface area contributed by atoms with Crippen molar-refractivity contribution in [2.24, 2.45) is 0 Å². The smallest absolute Gasteiger partial charge is 0.162 e. The third-order valence-corrected chi connectivity index (χ3v) is 3.95. The van der Waals surface area contributed by atoms with Crippen LogP contribution >= 0.6 is 11.3 Å². The minimum Gasteiger partial charge on any atom is -0.294 e. The van der Waals surface area contributed by atoms with Crippen LogP contribution in [0.25, 0.3) is 10.1 Å². The van der Waals surface area contributed by atoms with Gasteiger partial charge in [-0.2, -0.15) is 5.10 Å². The highest BCUT2D eigenvalue weighted by Gasteiger charge is 2.07. The van der Waals surface area contributed by atoms with Crippen LogP contribution in [0.1, 0.15) is 22.8 Å². The summed E-state index contributed by atoms with van der Waals surface area (Å²) in [4.78, 5) is 11.2. The van der Waals surface area contributed by atoms with E-state index in [1.807, 2.05) is 16.8 Å². The average molecular weight is 256 g/mol. The molecule has 2 aromatic heterocycles. The monoisotopic (exact) mass is 256 g/mol. The normalized spacial score (nSPS) is 10.9. The lowest BCUT2D eigenvalue weighted by molar-refractivity contribution is 0.101. The molecule has 0 unspecified atom stereocenters. The molecular formula is C14H12N2OS.